The van der Waals surface area contributed by atoms with Crippen LogP contribution in [0.3, 0.4) is 0 Å². The van der Waals surface area contributed by atoms with E-state index in [1.807, 2.05) is 13.0 Å². The van der Waals surface area contributed by atoms with Crippen molar-refractivity contribution in [2.24, 2.45) is 0 Å². The average molecular weight is 313 g/mol. The molecule has 20 heavy (non-hydrogen) atoms. The molecule has 0 bridgehead atoms. The Hall–Kier alpha value is -1.40. The number of ether oxygens (including phenoxy) is 1. The Balaban J connectivity index is 1.98. The van der Waals surface area contributed by atoms with Crippen molar-refractivity contribution in [3.63, 3.8) is 0 Å². The molecule has 7 heteroatoms. The van der Waals surface area contributed by atoms with Crippen molar-refractivity contribution in [2.75, 3.05) is 11.9 Å². The van der Waals surface area contributed by atoms with E-state index in [1.165, 1.54) is 4.88 Å². The first-order chi connectivity index (χ1) is 9.67. The van der Waals surface area contributed by atoms with E-state index in [9.17, 15) is 0 Å². The number of nitrogens with zero attached hydrogens (tertiary/aromatic N) is 3. The van der Waals surface area contributed by atoms with Gasteiger partial charge >= 0.3 is 6.01 Å². The van der Waals surface area contributed by atoms with E-state index in [0.717, 1.165) is 12.8 Å². The van der Waals surface area contributed by atoms with Crippen LogP contribution in [-0.2, 0) is 6.42 Å². The van der Waals surface area contributed by atoms with Gasteiger partial charge < -0.3 is 10.1 Å². The Morgan fingerprint density at radius 1 is 1.40 bits per heavy atom. The minimum absolute atomic E-state index is 0.136. The van der Waals surface area contributed by atoms with Crippen LogP contribution >= 0.6 is 22.9 Å². The molecule has 0 aliphatic heterocycles. The zero-order chi connectivity index (χ0) is 14.4. The lowest BCUT2D eigenvalue weighted by atomic mass is 10.2. The fourth-order valence-corrected chi connectivity index (χ4v) is 2.64. The topological polar surface area (TPSA) is 59.9 Å². The molecule has 0 fully saturated rings. The molecule has 1 N–H and O–H groups in total. The van der Waals surface area contributed by atoms with Gasteiger partial charge in [0.2, 0.25) is 11.2 Å². The summed E-state index contributed by atoms with van der Waals surface area (Å²) < 4.78 is 5.38. The van der Waals surface area contributed by atoms with Gasteiger partial charge in [0.1, 0.15) is 0 Å². The molecule has 0 aromatic carbocycles. The smallest absolute Gasteiger partial charge is 0.322 e. The Bertz CT molecular complexity index is 535. The standard InChI is InChI=1S/C13H17ClN4OS/c1-3-6-19-13-17-11(14)16-12(18-13)15-9(2)8-10-5-4-7-20-10/h4-5,7,9H,3,6,8H2,1-2H3,(H,15,16,17,18). The third-order valence-electron chi connectivity index (χ3n) is 2.49. The quantitative estimate of drug-likeness (QED) is 0.849. The van der Waals surface area contributed by atoms with Crippen molar-refractivity contribution < 1.29 is 4.74 Å². The Morgan fingerprint density at radius 2 is 2.25 bits per heavy atom. The summed E-state index contributed by atoms with van der Waals surface area (Å²) in [5, 5.41) is 5.42. The van der Waals surface area contributed by atoms with Crippen LogP contribution in [0.4, 0.5) is 5.95 Å². The van der Waals surface area contributed by atoms with Gasteiger partial charge in [-0.2, -0.15) is 15.0 Å². The SMILES string of the molecule is CCCOc1nc(Cl)nc(NC(C)Cc2cccs2)n1. The van der Waals surface area contributed by atoms with Gasteiger partial charge in [-0.05, 0) is 36.4 Å². The lowest BCUT2D eigenvalue weighted by molar-refractivity contribution is 0.291. The number of rotatable bonds is 7. The third kappa shape index (κ3) is 4.61. The van der Waals surface area contributed by atoms with Gasteiger partial charge in [-0.15, -0.1) is 11.3 Å². The van der Waals surface area contributed by atoms with E-state index in [4.69, 9.17) is 16.3 Å². The fourth-order valence-electron chi connectivity index (χ4n) is 1.66. The van der Waals surface area contributed by atoms with Crippen molar-refractivity contribution in [3.05, 3.63) is 27.7 Å². The van der Waals surface area contributed by atoms with Gasteiger partial charge in [-0.25, -0.2) is 0 Å². The highest BCUT2D eigenvalue weighted by molar-refractivity contribution is 7.09. The normalized spacial score (nSPS) is 12.2. The Morgan fingerprint density at radius 3 is 2.95 bits per heavy atom. The maximum Gasteiger partial charge on any atom is 0.322 e. The summed E-state index contributed by atoms with van der Waals surface area (Å²) in [4.78, 5) is 13.5. The molecule has 0 spiro atoms. The molecular weight excluding hydrogens is 296 g/mol. The second kappa shape index (κ2) is 7.40. The molecule has 0 saturated heterocycles. The lowest BCUT2D eigenvalue weighted by Gasteiger charge is -2.13. The van der Waals surface area contributed by atoms with Crippen molar-refractivity contribution in [1.82, 2.24) is 15.0 Å². The first kappa shape index (κ1) is 15.0. The number of halogens is 1. The molecular formula is C13H17ClN4OS. The van der Waals surface area contributed by atoms with E-state index in [-0.39, 0.29) is 17.3 Å². The van der Waals surface area contributed by atoms with Crippen LogP contribution < -0.4 is 10.1 Å². The van der Waals surface area contributed by atoms with E-state index >= 15 is 0 Å². The molecule has 5 nitrogen and oxygen atoms in total. The molecule has 0 saturated carbocycles. The highest BCUT2D eigenvalue weighted by Crippen LogP contribution is 2.15. The van der Waals surface area contributed by atoms with Crippen molar-refractivity contribution >= 4 is 28.9 Å². The first-order valence-corrected chi connectivity index (χ1v) is 7.76. The van der Waals surface area contributed by atoms with Gasteiger partial charge in [0, 0.05) is 17.3 Å². The number of hydrogen-bond donors (Lipinski definition) is 1. The average Bonchev–Trinajstić information content (AvgIpc) is 2.88. The molecule has 1 unspecified atom stereocenters. The number of hydrogen-bond acceptors (Lipinski definition) is 6. The van der Waals surface area contributed by atoms with Gasteiger partial charge in [0.05, 0.1) is 6.61 Å². The van der Waals surface area contributed by atoms with E-state index in [1.54, 1.807) is 11.3 Å². The van der Waals surface area contributed by atoms with Crippen LogP contribution in [0, 0.1) is 0 Å². The van der Waals surface area contributed by atoms with Crippen molar-refractivity contribution in [3.8, 4) is 6.01 Å². The summed E-state index contributed by atoms with van der Waals surface area (Å²) in [7, 11) is 0. The maximum atomic E-state index is 5.87. The number of nitrogens with one attached hydrogen (secondary N) is 1. The first-order valence-electron chi connectivity index (χ1n) is 6.50. The third-order valence-corrected chi connectivity index (χ3v) is 3.55. The maximum absolute atomic E-state index is 5.87. The molecule has 1 atom stereocenters. The van der Waals surface area contributed by atoms with E-state index in [2.05, 4.69) is 38.6 Å². The molecule has 0 aliphatic rings. The van der Waals surface area contributed by atoms with Gasteiger partial charge in [-0.3, -0.25) is 0 Å². The zero-order valence-electron chi connectivity index (χ0n) is 11.5. The summed E-state index contributed by atoms with van der Waals surface area (Å²) in [5.74, 6) is 0.445. The zero-order valence-corrected chi connectivity index (χ0v) is 13.0. The van der Waals surface area contributed by atoms with Crippen LogP contribution in [0.5, 0.6) is 6.01 Å². The molecule has 2 rings (SSSR count). The highest BCUT2D eigenvalue weighted by Gasteiger charge is 2.10. The summed E-state index contributed by atoms with van der Waals surface area (Å²) in [5.41, 5.74) is 0. The summed E-state index contributed by atoms with van der Waals surface area (Å²) in [6.07, 6.45) is 1.80. The molecule has 2 heterocycles. The van der Waals surface area contributed by atoms with Gasteiger partial charge in [0.25, 0.3) is 0 Å². The summed E-state index contributed by atoms with van der Waals surface area (Å²) in [6, 6.07) is 4.62. The van der Waals surface area contributed by atoms with Gasteiger partial charge in [-0.1, -0.05) is 13.0 Å². The fraction of sp³-hybridized carbons (Fsp3) is 0.462. The largest absolute Gasteiger partial charge is 0.463 e. The predicted molar refractivity (Wildman–Crippen MR) is 81.7 cm³/mol. The molecule has 0 amide bonds. The minimum Gasteiger partial charge on any atom is -0.463 e. The summed E-state index contributed by atoms with van der Waals surface area (Å²) >= 11 is 7.61. The highest BCUT2D eigenvalue weighted by atomic mass is 35.5. The molecule has 0 radical (unpaired) electrons. The second-order valence-corrected chi connectivity index (χ2v) is 5.76. The van der Waals surface area contributed by atoms with Crippen molar-refractivity contribution in [2.45, 2.75) is 32.7 Å². The van der Waals surface area contributed by atoms with Crippen LogP contribution in [-0.4, -0.2) is 27.6 Å². The number of thiophene rings is 1. The number of anilines is 1. The van der Waals surface area contributed by atoms with Crippen LogP contribution in [0.15, 0.2) is 17.5 Å². The second-order valence-electron chi connectivity index (χ2n) is 4.39. The van der Waals surface area contributed by atoms with E-state index in [0.29, 0.717) is 12.6 Å². The minimum atomic E-state index is 0.136. The monoisotopic (exact) mass is 312 g/mol. The Labute approximate surface area is 127 Å². The lowest BCUT2D eigenvalue weighted by Crippen LogP contribution is -2.20. The molecule has 108 valence electrons. The molecule has 2 aromatic heterocycles. The van der Waals surface area contributed by atoms with Crippen LogP contribution in [0.2, 0.25) is 5.28 Å². The van der Waals surface area contributed by atoms with Crippen LogP contribution in [0.25, 0.3) is 0 Å². The van der Waals surface area contributed by atoms with Crippen molar-refractivity contribution in [1.29, 1.82) is 0 Å². The predicted octanol–water partition coefficient (Wildman–Crippen LogP) is 3.42. The van der Waals surface area contributed by atoms with Gasteiger partial charge in [0.15, 0.2) is 0 Å². The van der Waals surface area contributed by atoms with E-state index < -0.39 is 0 Å². The Kier molecular flexibility index (Phi) is 5.55. The number of aromatic nitrogens is 3. The summed E-state index contributed by atoms with van der Waals surface area (Å²) in [6.45, 7) is 4.65. The van der Waals surface area contributed by atoms with Crippen LogP contribution in [0.1, 0.15) is 25.1 Å². The molecule has 2 aromatic rings. The molecule has 0 aliphatic carbocycles.